The third-order valence-electron chi connectivity index (χ3n) is 4.11. The molecule has 1 fully saturated rings. The van der Waals surface area contributed by atoms with Gasteiger partial charge in [-0.05, 0) is 36.4 Å². The van der Waals surface area contributed by atoms with Crippen LogP contribution in [0, 0.1) is 11.6 Å². The number of hydrogen-bond acceptors (Lipinski definition) is 4. The van der Waals surface area contributed by atoms with Gasteiger partial charge in [0.2, 0.25) is 5.43 Å². The van der Waals surface area contributed by atoms with Crippen LogP contribution in [0.5, 0.6) is 0 Å². The summed E-state index contributed by atoms with van der Waals surface area (Å²) in [5, 5.41) is 10.6. The molecule has 0 radical (unpaired) electrons. The predicted octanol–water partition coefficient (Wildman–Crippen LogP) is 0.324. The number of hydrogen-bond donors (Lipinski definition) is 2. The van der Waals surface area contributed by atoms with E-state index >= 15 is 4.39 Å². The Bertz CT molecular complexity index is 1450. The summed E-state index contributed by atoms with van der Waals surface area (Å²) in [6.07, 6.45) is 0.876. The number of piperazine rings is 1. The fourth-order valence-corrected chi connectivity index (χ4v) is 2.82. The molecule has 0 bridgehead atoms. The van der Waals surface area contributed by atoms with E-state index in [4.69, 9.17) is 11.0 Å². The molecule has 0 saturated carbocycles. The summed E-state index contributed by atoms with van der Waals surface area (Å²) < 4.78 is 94.6. The minimum Gasteiger partial charge on any atom is -0.477 e. The van der Waals surface area contributed by atoms with Crippen molar-refractivity contribution in [3.05, 3.63) is 70.0 Å². The van der Waals surface area contributed by atoms with Crippen molar-refractivity contribution in [1.29, 1.82) is 0 Å². The molecule has 1 saturated heterocycles. The Morgan fingerprint density at radius 2 is 1.66 bits per heavy atom. The number of aromatic nitrogens is 1. The number of halogens is 3. The van der Waals surface area contributed by atoms with Gasteiger partial charge in [0.25, 0.3) is 0 Å². The van der Waals surface area contributed by atoms with Crippen molar-refractivity contribution in [1.82, 2.24) is 9.88 Å². The van der Waals surface area contributed by atoms with E-state index in [1.165, 1.54) is 12.1 Å². The molecule has 12 heteroatoms. The fraction of sp³-hybridized carbons (Fsp3) is 0.200. The zero-order chi connectivity index (χ0) is 27.0. The Balaban J connectivity index is 0.00000380. The van der Waals surface area contributed by atoms with Crippen LogP contribution in [0.25, 0.3) is 16.6 Å². The number of benzene rings is 2. The molecule has 0 atom stereocenters. The van der Waals surface area contributed by atoms with Crippen LogP contribution in [0.2, 0.25) is 0 Å². The molecule has 1 aromatic heterocycles. The molecule has 0 amide bonds. The van der Waals surface area contributed by atoms with Gasteiger partial charge in [0.1, 0.15) is 17.2 Å². The maximum absolute atomic E-state index is 15.4. The number of carbonyl (C=O) groups is 1. The van der Waals surface area contributed by atoms with Crippen molar-refractivity contribution in [3.8, 4) is 5.69 Å². The molecule has 0 spiro atoms. The second-order valence-corrected chi connectivity index (χ2v) is 5.78. The Hall–Kier alpha value is -3.09. The van der Waals surface area contributed by atoms with Gasteiger partial charge in [-0.1, -0.05) is 0 Å². The van der Waals surface area contributed by atoms with Crippen LogP contribution >= 0.6 is 12.4 Å². The van der Waals surface area contributed by atoms with Crippen LogP contribution < -0.4 is 15.6 Å². The summed E-state index contributed by atoms with van der Waals surface area (Å²) in [5.74, 6) is -3.71. The zero-order valence-corrected chi connectivity index (χ0v) is 16.7. The number of anilines is 1. The Kier molecular flexibility index (Phi) is 6.28. The number of pyridine rings is 1. The predicted molar refractivity (Wildman–Crippen MR) is 120 cm³/mol. The monoisotopic (exact) mass is 483 g/mol. The van der Waals surface area contributed by atoms with Gasteiger partial charge < -0.3 is 36.3 Å². The van der Waals surface area contributed by atoms with Gasteiger partial charge in [0, 0.05) is 48.7 Å². The van der Waals surface area contributed by atoms with E-state index in [1.807, 2.05) is 0 Å². The molecule has 176 valence electrons. The number of nitrogens with zero attached hydrogens (tertiary/aromatic N) is 2. The highest BCUT2D eigenvalue weighted by molar-refractivity contribution is 5.94. The number of rotatable bonds is 3. The van der Waals surface area contributed by atoms with Crippen LogP contribution in [-0.2, 0) is 0 Å². The van der Waals surface area contributed by atoms with Gasteiger partial charge in [0.05, 0.1) is 16.7 Å². The smallest absolute Gasteiger partial charge is 0.341 e. The van der Waals surface area contributed by atoms with E-state index in [0.717, 1.165) is 29.0 Å². The first kappa shape index (κ1) is 17.5. The maximum Gasteiger partial charge on any atom is 0.341 e. The van der Waals surface area contributed by atoms with Crippen LogP contribution in [0.1, 0.15) is 21.3 Å². The second-order valence-electron chi connectivity index (χ2n) is 5.78. The normalized spacial score (nSPS) is 22.6. The standard InChI is InChI=1S/C20H17F2N3O3.ClH.3H2O/c21-12-1-3-13(4-2-12)25-11-15(20(27)28)19(26)14-9-16(22)18(10-17(14)25)24-7-5-23-6-8-24;;;;/h1-4,9-11,23H,5-8H2,(H,27,28);1H;3*1H2/i5D2,6D2,7D2,8D2;;;;. The maximum atomic E-state index is 15.4. The topological polar surface area (TPSA) is 169 Å². The molecule has 2 heterocycles. The molecule has 1 aliphatic heterocycles. The molecular formula is C20H24ClF2N3O6. The molecule has 0 unspecified atom stereocenters. The average molecular weight is 484 g/mol. The number of nitrogens with one attached hydrogen (secondary N) is 1. The van der Waals surface area contributed by atoms with Crippen LogP contribution in [0.15, 0.2) is 47.4 Å². The lowest BCUT2D eigenvalue weighted by Crippen LogP contribution is -2.43. The largest absolute Gasteiger partial charge is 0.477 e. The highest BCUT2D eigenvalue weighted by Gasteiger charge is 2.20. The molecule has 8 N–H and O–H groups in total. The lowest BCUT2D eigenvalue weighted by molar-refractivity contribution is 0.0695. The lowest BCUT2D eigenvalue weighted by Gasteiger charge is -2.30. The van der Waals surface area contributed by atoms with E-state index in [2.05, 4.69) is 0 Å². The van der Waals surface area contributed by atoms with Gasteiger partial charge >= 0.3 is 5.97 Å². The minimum absolute atomic E-state index is 0. The SMILES string of the molecule is Cl.O.O.O.[2H]C1([2H])NC([2H])([2H])C([2H])([2H])N(c2cc3c(cc2F)c(=O)c(C(=O)O)cn3-c2ccc(F)cc2)C1([2H])[2H]. The van der Waals surface area contributed by atoms with Crippen molar-refractivity contribution in [2.75, 3.05) is 30.9 Å². The first-order valence-electron chi connectivity index (χ1n) is 11.9. The third-order valence-corrected chi connectivity index (χ3v) is 4.11. The molecule has 2 aromatic carbocycles. The Morgan fingerprint density at radius 1 is 1.06 bits per heavy atom. The van der Waals surface area contributed by atoms with Crippen LogP contribution in [0.3, 0.4) is 0 Å². The Labute approximate surface area is 198 Å². The summed E-state index contributed by atoms with van der Waals surface area (Å²) in [6, 6.07) is 5.82. The summed E-state index contributed by atoms with van der Waals surface area (Å²) in [6.45, 7) is -13.2. The number of carboxylic acids is 1. The Morgan fingerprint density at radius 3 is 2.22 bits per heavy atom. The molecule has 32 heavy (non-hydrogen) atoms. The first-order chi connectivity index (χ1) is 16.4. The zero-order valence-electron chi connectivity index (χ0n) is 23.9. The highest BCUT2D eigenvalue weighted by Crippen LogP contribution is 2.27. The summed E-state index contributed by atoms with van der Waals surface area (Å²) in [7, 11) is 0. The van der Waals surface area contributed by atoms with Crippen LogP contribution in [-0.4, -0.2) is 58.1 Å². The third kappa shape index (κ3) is 5.21. The fourth-order valence-electron chi connectivity index (χ4n) is 2.82. The molecule has 0 aliphatic carbocycles. The number of fused-ring (bicyclic) bond motifs is 1. The van der Waals surface area contributed by atoms with Gasteiger partial charge in [-0.2, -0.15) is 0 Å². The number of aromatic carboxylic acids is 1. The second kappa shape index (κ2) is 11.5. The summed E-state index contributed by atoms with van der Waals surface area (Å²) in [4.78, 5) is 24.4. The van der Waals surface area contributed by atoms with E-state index in [9.17, 15) is 19.1 Å². The van der Waals surface area contributed by atoms with Crippen molar-refractivity contribution in [3.63, 3.8) is 0 Å². The van der Waals surface area contributed by atoms with Crippen molar-refractivity contribution in [2.24, 2.45) is 0 Å². The summed E-state index contributed by atoms with van der Waals surface area (Å²) in [5.41, 5.74) is -2.96. The van der Waals surface area contributed by atoms with E-state index in [1.54, 1.807) is 5.32 Å². The van der Waals surface area contributed by atoms with E-state index < -0.39 is 65.7 Å². The van der Waals surface area contributed by atoms with Crippen molar-refractivity contribution >= 4 is 35.0 Å². The van der Waals surface area contributed by atoms with Crippen molar-refractivity contribution < 1.29 is 46.1 Å². The molecule has 4 rings (SSSR count). The average Bonchev–Trinajstić information content (AvgIpc) is 2.73. The van der Waals surface area contributed by atoms with E-state index in [0.29, 0.717) is 6.07 Å². The number of carboxylic acid groups (broad SMARTS) is 1. The van der Waals surface area contributed by atoms with E-state index in [-0.39, 0.29) is 44.9 Å². The van der Waals surface area contributed by atoms with Gasteiger partial charge in [-0.15, -0.1) is 12.4 Å². The first-order valence-corrected chi connectivity index (χ1v) is 7.90. The van der Waals surface area contributed by atoms with Gasteiger partial charge in [-0.25, -0.2) is 13.6 Å². The molecule has 1 aliphatic rings. The molecule has 9 nitrogen and oxygen atoms in total. The summed E-state index contributed by atoms with van der Waals surface area (Å²) >= 11 is 0. The van der Waals surface area contributed by atoms with Gasteiger partial charge in [0.15, 0.2) is 0 Å². The molecule has 3 aromatic rings. The lowest BCUT2D eigenvalue weighted by atomic mass is 10.1. The molecular weight excluding hydrogens is 452 g/mol. The van der Waals surface area contributed by atoms with Crippen LogP contribution in [0.4, 0.5) is 14.5 Å². The minimum atomic E-state index is -3.36. The quantitative estimate of drug-likeness (QED) is 0.545. The highest BCUT2D eigenvalue weighted by atomic mass is 35.5. The van der Waals surface area contributed by atoms with Crippen molar-refractivity contribution in [2.45, 2.75) is 0 Å². The van der Waals surface area contributed by atoms with Gasteiger partial charge in [-0.3, -0.25) is 4.79 Å².